The highest BCUT2D eigenvalue weighted by molar-refractivity contribution is 5.11. The minimum Gasteiger partial charge on any atom is -0.472 e. The third kappa shape index (κ3) is 2.59. The molecule has 1 unspecified atom stereocenters. The monoisotopic (exact) mass is 263 g/mol. The van der Waals surface area contributed by atoms with Gasteiger partial charge in [0, 0.05) is 12.0 Å². The smallest absolute Gasteiger partial charge is 0.0935 e. The highest BCUT2D eigenvalue weighted by Crippen LogP contribution is 2.40. The first-order valence-corrected chi connectivity index (χ1v) is 7.75. The van der Waals surface area contributed by atoms with Crippen molar-refractivity contribution in [3.05, 3.63) is 24.2 Å². The second-order valence-electron chi connectivity index (χ2n) is 6.21. The van der Waals surface area contributed by atoms with Crippen molar-refractivity contribution < 1.29 is 9.52 Å². The summed E-state index contributed by atoms with van der Waals surface area (Å²) in [6.45, 7) is 2.34. The molecule has 1 aliphatic carbocycles. The Morgan fingerprint density at radius 2 is 1.89 bits per heavy atom. The zero-order chi connectivity index (χ0) is 13.1. The Balaban J connectivity index is 1.75. The SMILES string of the molecule is OC(Cc1ccoc1)C1(N2CCCCC2)CCCC1. The maximum absolute atomic E-state index is 10.8. The van der Waals surface area contributed by atoms with Crippen molar-refractivity contribution in [1.29, 1.82) is 0 Å². The molecule has 0 amide bonds. The molecule has 2 fully saturated rings. The van der Waals surface area contributed by atoms with E-state index in [9.17, 15) is 5.11 Å². The van der Waals surface area contributed by atoms with Crippen molar-refractivity contribution >= 4 is 0 Å². The van der Waals surface area contributed by atoms with E-state index < -0.39 is 0 Å². The van der Waals surface area contributed by atoms with Crippen molar-refractivity contribution in [2.75, 3.05) is 13.1 Å². The quantitative estimate of drug-likeness (QED) is 0.907. The molecule has 1 saturated carbocycles. The fourth-order valence-corrected chi connectivity index (χ4v) is 4.01. The molecule has 2 heterocycles. The molecule has 0 bridgehead atoms. The summed E-state index contributed by atoms with van der Waals surface area (Å²) in [5.74, 6) is 0. The number of aliphatic hydroxyl groups is 1. The van der Waals surface area contributed by atoms with Gasteiger partial charge < -0.3 is 9.52 Å². The largest absolute Gasteiger partial charge is 0.472 e. The molecular weight excluding hydrogens is 238 g/mol. The van der Waals surface area contributed by atoms with E-state index >= 15 is 0 Å². The lowest BCUT2D eigenvalue weighted by atomic mass is 9.83. The van der Waals surface area contributed by atoms with Gasteiger partial charge in [0.1, 0.15) is 0 Å². The zero-order valence-electron chi connectivity index (χ0n) is 11.7. The van der Waals surface area contributed by atoms with E-state index in [1.54, 1.807) is 12.5 Å². The Kier molecular flexibility index (Phi) is 3.94. The Morgan fingerprint density at radius 3 is 2.53 bits per heavy atom. The summed E-state index contributed by atoms with van der Waals surface area (Å²) < 4.78 is 5.13. The summed E-state index contributed by atoms with van der Waals surface area (Å²) in [6.07, 6.45) is 12.7. The van der Waals surface area contributed by atoms with Crippen molar-refractivity contribution in [2.24, 2.45) is 0 Å². The summed E-state index contributed by atoms with van der Waals surface area (Å²) in [7, 11) is 0. The lowest BCUT2D eigenvalue weighted by Gasteiger charge is -2.46. The lowest BCUT2D eigenvalue weighted by Crippen LogP contribution is -2.57. The topological polar surface area (TPSA) is 36.6 Å². The Hall–Kier alpha value is -0.800. The number of aliphatic hydroxyl groups excluding tert-OH is 1. The van der Waals surface area contributed by atoms with Gasteiger partial charge in [0.05, 0.1) is 18.6 Å². The predicted octanol–water partition coefficient (Wildman–Crippen LogP) is 2.98. The van der Waals surface area contributed by atoms with Crippen LogP contribution < -0.4 is 0 Å². The van der Waals surface area contributed by atoms with Gasteiger partial charge in [-0.1, -0.05) is 19.3 Å². The number of hydrogen-bond acceptors (Lipinski definition) is 3. The minimum absolute atomic E-state index is 0.0394. The van der Waals surface area contributed by atoms with Crippen LogP contribution in [0.25, 0.3) is 0 Å². The molecule has 106 valence electrons. The van der Waals surface area contributed by atoms with Crippen molar-refractivity contribution in [3.63, 3.8) is 0 Å². The van der Waals surface area contributed by atoms with Crippen LogP contribution in [0.15, 0.2) is 23.0 Å². The summed E-state index contributed by atoms with van der Waals surface area (Å²) in [4.78, 5) is 2.59. The Labute approximate surface area is 115 Å². The fraction of sp³-hybridized carbons (Fsp3) is 0.750. The van der Waals surface area contributed by atoms with Crippen molar-refractivity contribution in [2.45, 2.75) is 63.0 Å². The van der Waals surface area contributed by atoms with Crippen LogP contribution in [-0.4, -0.2) is 34.7 Å². The van der Waals surface area contributed by atoms with Gasteiger partial charge in [0.25, 0.3) is 0 Å². The predicted molar refractivity (Wildman–Crippen MR) is 75.0 cm³/mol. The molecule has 3 nitrogen and oxygen atoms in total. The molecule has 0 aromatic carbocycles. The van der Waals surface area contributed by atoms with Crippen LogP contribution in [0, 0.1) is 0 Å². The van der Waals surface area contributed by atoms with E-state index in [0.29, 0.717) is 0 Å². The summed E-state index contributed by atoms with van der Waals surface area (Å²) >= 11 is 0. The molecule has 3 rings (SSSR count). The molecule has 0 spiro atoms. The van der Waals surface area contributed by atoms with Gasteiger partial charge in [0.2, 0.25) is 0 Å². The van der Waals surface area contributed by atoms with Gasteiger partial charge >= 0.3 is 0 Å². The lowest BCUT2D eigenvalue weighted by molar-refractivity contribution is -0.0381. The molecule has 3 heteroatoms. The molecule has 1 N–H and O–H groups in total. The van der Waals surface area contributed by atoms with E-state index in [1.165, 1.54) is 45.2 Å². The normalized spacial score (nSPS) is 25.5. The van der Waals surface area contributed by atoms with Crippen LogP contribution in [-0.2, 0) is 6.42 Å². The number of hydrogen-bond donors (Lipinski definition) is 1. The number of rotatable bonds is 4. The van der Waals surface area contributed by atoms with Gasteiger partial charge in [0.15, 0.2) is 0 Å². The molecule has 0 radical (unpaired) electrons. The first-order valence-electron chi connectivity index (χ1n) is 7.75. The second kappa shape index (κ2) is 5.68. The van der Waals surface area contributed by atoms with Gasteiger partial charge in [-0.15, -0.1) is 0 Å². The molecule has 1 atom stereocenters. The molecule has 1 saturated heterocycles. The zero-order valence-corrected chi connectivity index (χ0v) is 11.7. The van der Waals surface area contributed by atoms with E-state index in [-0.39, 0.29) is 11.6 Å². The van der Waals surface area contributed by atoms with Crippen LogP contribution in [0.2, 0.25) is 0 Å². The van der Waals surface area contributed by atoms with Gasteiger partial charge in [-0.3, -0.25) is 4.90 Å². The second-order valence-corrected chi connectivity index (χ2v) is 6.21. The van der Waals surface area contributed by atoms with Crippen LogP contribution in [0.5, 0.6) is 0 Å². The van der Waals surface area contributed by atoms with E-state index in [0.717, 1.165) is 24.8 Å². The van der Waals surface area contributed by atoms with E-state index in [4.69, 9.17) is 4.42 Å². The first kappa shape index (κ1) is 13.2. The minimum atomic E-state index is -0.259. The average Bonchev–Trinajstić information content (AvgIpc) is 3.11. The van der Waals surface area contributed by atoms with Crippen LogP contribution in [0.4, 0.5) is 0 Å². The fourth-order valence-electron chi connectivity index (χ4n) is 4.01. The highest BCUT2D eigenvalue weighted by Gasteiger charge is 2.45. The van der Waals surface area contributed by atoms with Crippen molar-refractivity contribution in [3.8, 4) is 0 Å². The summed E-state index contributed by atoms with van der Waals surface area (Å²) in [5.41, 5.74) is 1.16. The summed E-state index contributed by atoms with van der Waals surface area (Å²) in [6, 6.07) is 1.97. The molecule has 1 aliphatic heterocycles. The maximum Gasteiger partial charge on any atom is 0.0935 e. The molecular formula is C16H25NO2. The Morgan fingerprint density at radius 1 is 1.16 bits per heavy atom. The van der Waals surface area contributed by atoms with Crippen LogP contribution in [0.3, 0.4) is 0 Å². The van der Waals surface area contributed by atoms with Crippen LogP contribution >= 0.6 is 0 Å². The molecule has 19 heavy (non-hydrogen) atoms. The third-order valence-electron chi connectivity index (χ3n) is 5.08. The van der Waals surface area contributed by atoms with Gasteiger partial charge in [-0.05, 0) is 50.4 Å². The first-order chi connectivity index (χ1) is 9.31. The van der Waals surface area contributed by atoms with Crippen molar-refractivity contribution in [1.82, 2.24) is 4.90 Å². The van der Waals surface area contributed by atoms with E-state index in [1.807, 2.05) is 6.07 Å². The number of likely N-dealkylation sites (tertiary alicyclic amines) is 1. The standard InChI is InChI=1S/C16H25NO2/c18-15(12-14-6-11-19-13-14)16(7-2-3-8-16)17-9-4-1-5-10-17/h6,11,13,15,18H,1-5,7-10,12H2. The van der Waals surface area contributed by atoms with Gasteiger partial charge in [-0.2, -0.15) is 0 Å². The number of furan rings is 1. The van der Waals surface area contributed by atoms with Crippen LogP contribution in [0.1, 0.15) is 50.5 Å². The Bertz CT molecular complexity index is 375. The molecule has 1 aromatic rings. The average molecular weight is 263 g/mol. The molecule has 2 aliphatic rings. The third-order valence-corrected chi connectivity index (χ3v) is 5.08. The maximum atomic E-state index is 10.8. The summed E-state index contributed by atoms with van der Waals surface area (Å²) in [5, 5.41) is 10.8. The molecule has 1 aromatic heterocycles. The number of piperidine rings is 1. The highest BCUT2D eigenvalue weighted by atomic mass is 16.3. The number of nitrogens with zero attached hydrogens (tertiary/aromatic N) is 1. The van der Waals surface area contributed by atoms with E-state index in [2.05, 4.69) is 4.90 Å². The van der Waals surface area contributed by atoms with Gasteiger partial charge in [-0.25, -0.2) is 0 Å².